The predicted molar refractivity (Wildman–Crippen MR) is 82.4 cm³/mol. The van der Waals surface area contributed by atoms with Gasteiger partial charge in [0.1, 0.15) is 5.75 Å². The number of methoxy groups -OCH3 is 1. The van der Waals surface area contributed by atoms with E-state index in [1.54, 1.807) is 25.3 Å². The minimum Gasteiger partial charge on any atom is -0.496 e. The lowest BCUT2D eigenvalue weighted by Crippen LogP contribution is -2.05. The Bertz CT molecular complexity index is 678. The first-order chi connectivity index (χ1) is 9.43. The van der Waals surface area contributed by atoms with Gasteiger partial charge in [-0.25, -0.2) is 0 Å². The second-order valence-electron chi connectivity index (χ2n) is 4.59. The minimum absolute atomic E-state index is 0.0770. The SMILES string of the molecule is COc1cc(C)c(C(=O)c2ccc(Cl)c(Cl)c2)cc1C. The van der Waals surface area contributed by atoms with Crippen LogP contribution in [0.5, 0.6) is 5.75 Å². The van der Waals surface area contributed by atoms with Crippen molar-refractivity contribution in [2.24, 2.45) is 0 Å². The zero-order valence-corrected chi connectivity index (χ0v) is 13.0. The molecule has 2 aromatic carbocycles. The highest BCUT2D eigenvalue weighted by Gasteiger charge is 2.15. The van der Waals surface area contributed by atoms with Gasteiger partial charge in [0.25, 0.3) is 0 Å². The number of benzene rings is 2. The Kier molecular flexibility index (Phi) is 4.36. The van der Waals surface area contributed by atoms with E-state index in [2.05, 4.69) is 0 Å². The fourth-order valence-corrected chi connectivity index (χ4v) is 2.35. The Morgan fingerprint density at radius 2 is 1.70 bits per heavy atom. The lowest BCUT2D eigenvalue weighted by Gasteiger charge is -2.11. The largest absolute Gasteiger partial charge is 0.496 e. The average Bonchev–Trinajstić information content (AvgIpc) is 2.43. The Labute approximate surface area is 128 Å². The van der Waals surface area contributed by atoms with Crippen molar-refractivity contribution in [3.05, 3.63) is 62.6 Å². The molecule has 0 N–H and O–H groups in total. The molecule has 0 aromatic heterocycles. The Morgan fingerprint density at radius 3 is 2.30 bits per heavy atom. The van der Waals surface area contributed by atoms with Gasteiger partial charge in [-0.2, -0.15) is 0 Å². The van der Waals surface area contributed by atoms with Crippen LogP contribution in [-0.4, -0.2) is 12.9 Å². The first kappa shape index (κ1) is 14.9. The molecule has 4 heteroatoms. The molecule has 0 aliphatic rings. The van der Waals surface area contributed by atoms with Gasteiger partial charge in [-0.05, 0) is 55.3 Å². The number of aryl methyl sites for hydroxylation is 2. The highest BCUT2D eigenvalue weighted by Crippen LogP contribution is 2.27. The zero-order valence-electron chi connectivity index (χ0n) is 11.5. The molecular formula is C16H14Cl2O2. The molecule has 104 valence electrons. The van der Waals surface area contributed by atoms with Crippen molar-refractivity contribution in [2.45, 2.75) is 13.8 Å². The molecule has 0 fully saturated rings. The summed E-state index contributed by atoms with van der Waals surface area (Å²) in [5, 5.41) is 0.811. The Morgan fingerprint density at radius 1 is 1.00 bits per heavy atom. The maximum absolute atomic E-state index is 12.5. The van der Waals surface area contributed by atoms with Crippen LogP contribution in [0.4, 0.5) is 0 Å². The fourth-order valence-electron chi connectivity index (χ4n) is 2.05. The number of carbonyl (C=O) groups excluding carboxylic acids is 1. The van der Waals surface area contributed by atoms with Crippen LogP contribution in [0.15, 0.2) is 30.3 Å². The third-order valence-corrected chi connectivity index (χ3v) is 3.91. The number of rotatable bonds is 3. The van der Waals surface area contributed by atoms with Gasteiger partial charge in [-0.15, -0.1) is 0 Å². The highest BCUT2D eigenvalue weighted by molar-refractivity contribution is 6.42. The molecule has 0 aliphatic carbocycles. The molecule has 0 heterocycles. The summed E-state index contributed by atoms with van der Waals surface area (Å²) in [5.74, 6) is 0.694. The summed E-state index contributed by atoms with van der Waals surface area (Å²) >= 11 is 11.8. The van der Waals surface area contributed by atoms with Gasteiger partial charge in [-0.1, -0.05) is 23.2 Å². The van der Waals surface area contributed by atoms with E-state index in [9.17, 15) is 4.79 Å². The highest BCUT2D eigenvalue weighted by atomic mass is 35.5. The van der Waals surface area contributed by atoms with Crippen molar-refractivity contribution in [3.8, 4) is 5.75 Å². The number of hydrogen-bond donors (Lipinski definition) is 0. The number of ether oxygens (including phenoxy) is 1. The van der Waals surface area contributed by atoms with Gasteiger partial charge in [0, 0.05) is 11.1 Å². The Hall–Kier alpha value is -1.51. The predicted octanol–water partition coefficient (Wildman–Crippen LogP) is 4.85. The van der Waals surface area contributed by atoms with E-state index in [0.717, 1.165) is 16.9 Å². The van der Waals surface area contributed by atoms with Crippen LogP contribution in [-0.2, 0) is 0 Å². The first-order valence-corrected chi connectivity index (χ1v) is 6.84. The second-order valence-corrected chi connectivity index (χ2v) is 5.41. The topological polar surface area (TPSA) is 26.3 Å². The van der Waals surface area contributed by atoms with Gasteiger partial charge >= 0.3 is 0 Å². The van der Waals surface area contributed by atoms with Crippen molar-refractivity contribution in [2.75, 3.05) is 7.11 Å². The summed E-state index contributed by atoms with van der Waals surface area (Å²) in [6.07, 6.45) is 0. The lowest BCUT2D eigenvalue weighted by atomic mass is 9.97. The third-order valence-electron chi connectivity index (χ3n) is 3.17. The molecule has 0 saturated heterocycles. The smallest absolute Gasteiger partial charge is 0.193 e. The maximum Gasteiger partial charge on any atom is 0.193 e. The van der Waals surface area contributed by atoms with E-state index < -0.39 is 0 Å². The number of halogens is 2. The summed E-state index contributed by atoms with van der Waals surface area (Å²) < 4.78 is 5.25. The normalized spacial score (nSPS) is 10.4. The van der Waals surface area contributed by atoms with Crippen LogP contribution in [0.25, 0.3) is 0 Å². The molecule has 0 unspecified atom stereocenters. The molecule has 2 aromatic rings. The molecule has 0 radical (unpaired) electrons. The number of ketones is 1. The second kappa shape index (κ2) is 5.86. The van der Waals surface area contributed by atoms with Gasteiger partial charge in [0.15, 0.2) is 5.78 Å². The quantitative estimate of drug-likeness (QED) is 0.758. The molecule has 2 rings (SSSR count). The van der Waals surface area contributed by atoms with Crippen LogP contribution in [0.2, 0.25) is 10.0 Å². The molecule has 2 nitrogen and oxygen atoms in total. The standard InChI is InChI=1S/C16H14Cl2O2/c1-9-7-15(20-3)10(2)6-12(9)16(19)11-4-5-13(17)14(18)8-11/h4-8H,1-3H3. The van der Waals surface area contributed by atoms with Crippen LogP contribution in [0, 0.1) is 13.8 Å². The number of hydrogen-bond acceptors (Lipinski definition) is 2. The summed E-state index contributed by atoms with van der Waals surface area (Å²) in [7, 11) is 1.61. The summed E-state index contributed by atoms with van der Waals surface area (Å²) in [6, 6.07) is 8.59. The van der Waals surface area contributed by atoms with E-state index in [0.29, 0.717) is 21.2 Å². The first-order valence-electron chi connectivity index (χ1n) is 6.09. The summed E-state index contributed by atoms with van der Waals surface area (Å²) in [6.45, 7) is 3.79. The zero-order chi connectivity index (χ0) is 14.9. The molecule has 0 spiro atoms. The van der Waals surface area contributed by atoms with Crippen molar-refractivity contribution in [1.29, 1.82) is 0 Å². The molecular weight excluding hydrogens is 295 g/mol. The fraction of sp³-hybridized carbons (Fsp3) is 0.188. The van der Waals surface area contributed by atoms with Crippen molar-refractivity contribution in [3.63, 3.8) is 0 Å². The van der Waals surface area contributed by atoms with Gasteiger partial charge in [-0.3, -0.25) is 4.79 Å². The molecule has 20 heavy (non-hydrogen) atoms. The van der Waals surface area contributed by atoms with Crippen LogP contribution < -0.4 is 4.74 Å². The minimum atomic E-state index is -0.0770. The molecule has 0 amide bonds. The van der Waals surface area contributed by atoms with Crippen LogP contribution >= 0.6 is 23.2 Å². The van der Waals surface area contributed by atoms with E-state index in [1.807, 2.05) is 26.0 Å². The molecule has 0 saturated carbocycles. The van der Waals surface area contributed by atoms with Gasteiger partial charge in [0.05, 0.1) is 17.2 Å². The van der Waals surface area contributed by atoms with Crippen molar-refractivity contribution >= 4 is 29.0 Å². The van der Waals surface area contributed by atoms with Gasteiger partial charge in [0.2, 0.25) is 0 Å². The van der Waals surface area contributed by atoms with Crippen molar-refractivity contribution in [1.82, 2.24) is 0 Å². The number of carbonyl (C=O) groups is 1. The van der Waals surface area contributed by atoms with Crippen LogP contribution in [0.3, 0.4) is 0 Å². The summed E-state index contributed by atoms with van der Waals surface area (Å²) in [4.78, 5) is 12.5. The van der Waals surface area contributed by atoms with E-state index in [-0.39, 0.29) is 5.78 Å². The van der Waals surface area contributed by atoms with Crippen LogP contribution in [0.1, 0.15) is 27.0 Å². The average molecular weight is 309 g/mol. The monoisotopic (exact) mass is 308 g/mol. The lowest BCUT2D eigenvalue weighted by molar-refractivity contribution is 0.103. The molecule has 0 bridgehead atoms. The maximum atomic E-state index is 12.5. The molecule has 0 atom stereocenters. The third kappa shape index (κ3) is 2.82. The molecule has 0 aliphatic heterocycles. The van der Waals surface area contributed by atoms with Crippen molar-refractivity contribution < 1.29 is 9.53 Å². The summed E-state index contributed by atoms with van der Waals surface area (Å²) in [5.41, 5.74) is 2.94. The van der Waals surface area contributed by atoms with E-state index >= 15 is 0 Å². The van der Waals surface area contributed by atoms with E-state index in [4.69, 9.17) is 27.9 Å². The van der Waals surface area contributed by atoms with Gasteiger partial charge < -0.3 is 4.74 Å². The van der Waals surface area contributed by atoms with E-state index in [1.165, 1.54) is 0 Å². The Balaban J connectivity index is 2.48.